The molecule has 0 bridgehead atoms. The molecular weight excluding hydrogens is 364 g/mol. The van der Waals surface area contributed by atoms with Crippen LogP contribution in [0.1, 0.15) is 21.5 Å². The molecule has 2 amide bonds. The van der Waals surface area contributed by atoms with Gasteiger partial charge in [0.05, 0.1) is 5.75 Å². The lowest BCUT2D eigenvalue weighted by atomic mass is 10.1. The molecule has 8 heteroatoms. The molecule has 27 heavy (non-hydrogen) atoms. The molecule has 0 saturated heterocycles. The summed E-state index contributed by atoms with van der Waals surface area (Å²) >= 11 is 1.18. The third-order valence-corrected chi connectivity index (χ3v) is 4.49. The molecule has 0 fully saturated rings. The Morgan fingerprint density at radius 2 is 1.74 bits per heavy atom. The smallest absolute Gasteiger partial charge is 0.316 e. The number of carbonyl (C=O) groups is 2. The monoisotopic (exact) mass is 382 g/mol. The Balaban J connectivity index is 1.62. The first-order chi connectivity index (χ1) is 12.9. The lowest BCUT2D eigenvalue weighted by Crippen LogP contribution is -2.19. The molecule has 0 atom stereocenters. The van der Waals surface area contributed by atoms with Gasteiger partial charge in [0.15, 0.2) is 5.78 Å². The highest BCUT2D eigenvalue weighted by Crippen LogP contribution is 2.25. The van der Waals surface area contributed by atoms with Gasteiger partial charge < -0.3 is 15.5 Å². The van der Waals surface area contributed by atoms with Gasteiger partial charge in [-0.3, -0.25) is 4.79 Å². The fourth-order valence-corrected chi connectivity index (χ4v) is 3.23. The van der Waals surface area contributed by atoms with Gasteiger partial charge in [-0.2, -0.15) is 0 Å². The summed E-state index contributed by atoms with van der Waals surface area (Å²) in [5.74, 6) is 0.507. The van der Waals surface area contributed by atoms with Gasteiger partial charge in [-0.05, 0) is 50.2 Å². The molecule has 2 aromatic carbocycles. The van der Waals surface area contributed by atoms with Crippen LogP contribution in [-0.2, 0) is 0 Å². The van der Waals surface area contributed by atoms with Gasteiger partial charge in [-0.25, -0.2) is 4.79 Å². The first kappa shape index (κ1) is 18.7. The van der Waals surface area contributed by atoms with Crippen molar-refractivity contribution in [2.45, 2.75) is 19.1 Å². The maximum atomic E-state index is 12.3. The second kappa shape index (κ2) is 8.05. The zero-order valence-corrected chi connectivity index (χ0v) is 15.7. The molecular formula is C19H18N4O3S. The Labute approximate surface area is 160 Å². The summed E-state index contributed by atoms with van der Waals surface area (Å²) in [5, 5.41) is 10.8. The normalized spacial score (nSPS) is 10.6. The van der Waals surface area contributed by atoms with E-state index in [2.05, 4.69) is 21.6 Å². The van der Waals surface area contributed by atoms with Gasteiger partial charge in [-0.1, -0.05) is 29.0 Å². The van der Waals surface area contributed by atoms with Crippen LogP contribution in [0.3, 0.4) is 0 Å². The van der Waals surface area contributed by atoms with E-state index in [1.807, 2.05) is 26.0 Å². The molecule has 1 heterocycles. The largest absolute Gasteiger partial charge is 0.411 e. The number of aromatic nitrogens is 2. The van der Waals surface area contributed by atoms with Gasteiger partial charge in [0.25, 0.3) is 5.22 Å². The number of amides is 2. The van der Waals surface area contributed by atoms with Crippen LogP contribution in [-0.4, -0.2) is 27.8 Å². The number of nitrogens with one attached hydrogen (secondary N) is 1. The highest BCUT2D eigenvalue weighted by Gasteiger charge is 2.13. The zero-order valence-electron chi connectivity index (χ0n) is 14.9. The third kappa shape index (κ3) is 4.95. The van der Waals surface area contributed by atoms with Gasteiger partial charge in [-0.15, -0.1) is 10.2 Å². The molecule has 3 N–H and O–H groups in total. The molecule has 0 aliphatic heterocycles. The summed E-state index contributed by atoms with van der Waals surface area (Å²) in [5.41, 5.74) is 9.18. The molecule has 3 aromatic rings. The number of nitrogens with zero attached hydrogens (tertiary/aromatic N) is 2. The van der Waals surface area contributed by atoms with Crippen LogP contribution in [0, 0.1) is 13.8 Å². The summed E-state index contributed by atoms with van der Waals surface area (Å²) in [4.78, 5) is 23.1. The predicted octanol–water partition coefficient (Wildman–Crippen LogP) is 3.82. The Bertz CT molecular complexity index is 963. The molecule has 0 unspecified atom stereocenters. The number of aryl methyl sites for hydroxylation is 2. The summed E-state index contributed by atoms with van der Waals surface area (Å²) in [6.07, 6.45) is 0. The number of ketones is 1. The number of carbonyl (C=O) groups excluding carboxylic acids is 2. The van der Waals surface area contributed by atoms with Crippen molar-refractivity contribution in [3.8, 4) is 11.5 Å². The van der Waals surface area contributed by atoms with E-state index in [1.165, 1.54) is 11.8 Å². The second-order valence-corrected chi connectivity index (χ2v) is 6.95. The Hall–Kier alpha value is -3.13. The molecule has 0 spiro atoms. The van der Waals surface area contributed by atoms with Crippen molar-refractivity contribution in [1.29, 1.82) is 0 Å². The first-order valence-corrected chi connectivity index (χ1v) is 9.14. The molecule has 3 rings (SSSR count). The van der Waals surface area contributed by atoms with E-state index < -0.39 is 6.03 Å². The van der Waals surface area contributed by atoms with E-state index in [0.717, 1.165) is 16.7 Å². The van der Waals surface area contributed by atoms with Crippen LogP contribution in [0.25, 0.3) is 11.5 Å². The van der Waals surface area contributed by atoms with Crippen molar-refractivity contribution in [3.63, 3.8) is 0 Å². The minimum atomic E-state index is -0.652. The number of primary amides is 1. The van der Waals surface area contributed by atoms with E-state index in [1.54, 1.807) is 24.3 Å². The Kier molecular flexibility index (Phi) is 5.56. The highest BCUT2D eigenvalue weighted by atomic mass is 32.2. The van der Waals surface area contributed by atoms with E-state index >= 15 is 0 Å². The van der Waals surface area contributed by atoms with Crippen molar-refractivity contribution in [3.05, 3.63) is 59.2 Å². The maximum Gasteiger partial charge on any atom is 0.316 e. The number of hydrogen-bond acceptors (Lipinski definition) is 6. The van der Waals surface area contributed by atoms with E-state index in [0.29, 0.717) is 22.4 Å². The van der Waals surface area contributed by atoms with Crippen LogP contribution in [0.2, 0.25) is 0 Å². The third-order valence-electron chi connectivity index (χ3n) is 3.68. The molecule has 0 saturated carbocycles. The summed E-state index contributed by atoms with van der Waals surface area (Å²) in [6.45, 7) is 4.01. The molecule has 0 aliphatic rings. The lowest BCUT2D eigenvalue weighted by molar-refractivity contribution is 0.102. The van der Waals surface area contributed by atoms with Crippen LogP contribution in [0.4, 0.5) is 10.5 Å². The van der Waals surface area contributed by atoms with Crippen molar-refractivity contribution in [2.24, 2.45) is 5.73 Å². The van der Waals surface area contributed by atoms with Crippen molar-refractivity contribution in [1.82, 2.24) is 10.2 Å². The molecule has 0 radical (unpaired) electrons. The standard InChI is InChI=1S/C19H18N4O3S/c1-11-7-12(2)9-14(8-11)17-22-23-19(26-17)27-10-16(24)13-3-5-15(6-4-13)21-18(20)25/h3-9H,10H2,1-2H3,(H3,20,21,25). The zero-order chi connectivity index (χ0) is 19.4. The van der Waals surface area contributed by atoms with E-state index in [9.17, 15) is 9.59 Å². The number of Topliss-reactive ketones (excluding diaryl/α,β-unsaturated/α-hetero) is 1. The number of anilines is 1. The number of benzene rings is 2. The van der Waals surface area contributed by atoms with E-state index in [-0.39, 0.29) is 11.5 Å². The first-order valence-electron chi connectivity index (χ1n) is 8.15. The van der Waals surface area contributed by atoms with Crippen molar-refractivity contribution < 1.29 is 14.0 Å². The average Bonchev–Trinajstić information content (AvgIpc) is 3.08. The summed E-state index contributed by atoms with van der Waals surface area (Å²) in [7, 11) is 0. The molecule has 0 aliphatic carbocycles. The predicted molar refractivity (Wildman–Crippen MR) is 104 cm³/mol. The van der Waals surface area contributed by atoms with Crippen molar-refractivity contribution >= 4 is 29.3 Å². The van der Waals surface area contributed by atoms with Gasteiger partial charge in [0.1, 0.15) is 0 Å². The molecule has 1 aromatic heterocycles. The lowest BCUT2D eigenvalue weighted by Gasteiger charge is -2.03. The fourth-order valence-electron chi connectivity index (χ4n) is 2.58. The minimum Gasteiger partial charge on any atom is -0.411 e. The number of thioether (sulfide) groups is 1. The Morgan fingerprint density at radius 3 is 2.37 bits per heavy atom. The van der Waals surface area contributed by atoms with Gasteiger partial charge >= 0.3 is 6.03 Å². The number of hydrogen-bond donors (Lipinski definition) is 2. The summed E-state index contributed by atoms with van der Waals surface area (Å²) < 4.78 is 5.66. The van der Waals surface area contributed by atoms with Gasteiger partial charge in [0.2, 0.25) is 5.89 Å². The van der Waals surface area contributed by atoms with Crippen LogP contribution in [0.15, 0.2) is 52.1 Å². The van der Waals surface area contributed by atoms with Crippen LogP contribution >= 0.6 is 11.8 Å². The summed E-state index contributed by atoms with van der Waals surface area (Å²) in [6, 6.07) is 11.9. The highest BCUT2D eigenvalue weighted by molar-refractivity contribution is 7.99. The van der Waals surface area contributed by atoms with Gasteiger partial charge in [0, 0.05) is 16.8 Å². The average molecular weight is 382 g/mol. The van der Waals surface area contributed by atoms with Crippen molar-refractivity contribution in [2.75, 3.05) is 11.1 Å². The molecule has 7 nitrogen and oxygen atoms in total. The minimum absolute atomic E-state index is 0.0863. The maximum absolute atomic E-state index is 12.3. The van der Waals surface area contributed by atoms with Crippen LogP contribution in [0.5, 0.6) is 0 Å². The topological polar surface area (TPSA) is 111 Å². The number of nitrogens with two attached hydrogens (primary N) is 1. The number of rotatable bonds is 6. The Morgan fingerprint density at radius 1 is 1.07 bits per heavy atom. The SMILES string of the molecule is Cc1cc(C)cc(-c2nnc(SCC(=O)c3ccc(NC(N)=O)cc3)o2)c1. The second-order valence-electron chi connectivity index (χ2n) is 6.03. The molecule has 138 valence electrons. The fraction of sp³-hybridized carbons (Fsp3) is 0.158. The van der Waals surface area contributed by atoms with Crippen LogP contribution < -0.4 is 11.1 Å². The number of urea groups is 1. The quantitative estimate of drug-likeness (QED) is 0.495. The van der Waals surface area contributed by atoms with E-state index in [4.69, 9.17) is 10.2 Å².